The normalized spacial score (nSPS) is 23.9. The Hall–Kier alpha value is -3.07. The molecule has 0 spiro atoms. The van der Waals surface area contributed by atoms with Gasteiger partial charge in [-0.15, -0.1) is 17.0 Å². The van der Waals surface area contributed by atoms with E-state index in [2.05, 4.69) is 47.0 Å². The second-order valence-electron chi connectivity index (χ2n) is 15.5. The fraction of sp³-hybridized carbons (Fsp3) is 0.548. The van der Waals surface area contributed by atoms with Crippen LogP contribution in [0.25, 0.3) is 0 Å². The zero-order valence-corrected chi connectivity index (χ0v) is 32.8. The summed E-state index contributed by atoms with van der Waals surface area (Å²) in [5.41, 5.74) is 3.05. The number of anilines is 1. The van der Waals surface area contributed by atoms with Crippen molar-refractivity contribution in [1.82, 2.24) is 5.32 Å². The Bertz CT molecular complexity index is 1650. The third-order valence-electron chi connectivity index (χ3n) is 12.0. The lowest BCUT2D eigenvalue weighted by atomic mass is 9.80. The highest BCUT2D eigenvalue weighted by molar-refractivity contribution is 8.93. The number of amides is 1. The van der Waals surface area contributed by atoms with Crippen LogP contribution >= 0.6 is 17.0 Å². The molecular weight excluding hydrogens is 754 g/mol. The summed E-state index contributed by atoms with van der Waals surface area (Å²) in [5, 5.41) is 38.5. The molecule has 0 radical (unpaired) electrons. The van der Waals surface area contributed by atoms with E-state index in [1.165, 1.54) is 50.9 Å². The van der Waals surface area contributed by atoms with E-state index in [0.717, 1.165) is 47.1 Å². The minimum atomic E-state index is -0.929. The number of phenols is 1. The molecule has 1 aliphatic carbocycles. The van der Waals surface area contributed by atoms with Gasteiger partial charge >= 0.3 is 0 Å². The Labute approximate surface area is 329 Å². The lowest BCUT2D eigenvalue weighted by Crippen LogP contribution is -2.65. The van der Waals surface area contributed by atoms with Gasteiger partial charge in [0.25, 0.3) is 5.91 Å². The highest BCUT2D eigenvalue weighted by Gasteiger charge is 2.48. The fourth-order valence-corrected chi connectivity index (χ4v) is 8.85. The van der Waals surface area contributed by atoms with Crippen molar-refractivity contribution in [2.45, 2.75) is 69.5 Å². The number of hydrogen-bond acceptors (Lipinski definition) is 9. The van der Waals surface area contributed by atoms with Gasteiger partial charge in [-0.3, -0.25) is 4.79 Å². The standard InChI is InChI=1S/C42H55N3O8.BrH/c46-35-22-36(41-37(23-35)44-40(48)28-52-41)38(47)24-43-16-20-50-26-30-10-12-31(13-11-30)27-51-21-19-45-17-14-32(15-18-45)39(25-45)53-29-42(49,34-8-4-5-9-34)33-6-2-1-3-7-33;/h1-3,6-7,10-13,22-23,32,34,38-39,43,47,49H,4-5,8-9,14-21,24-29H2,(H-,44,46,48);1H/p+1/t32?,38-,39-,42+,45?;/m0./s1. The van der Waals surface area contributed by atoms with Crippen molar-refractivity contribution in [3.8, 4) is 11.5 Å². The van der Waals surface area contributed by atoms with Crippen LogP contribution in [0.2, 0.25) is 0 Å². The molecule has 4 heterocycles. The Balaban J connectivity index is 0.00000497. The van der Waals surface area contributed by atoms with Gasteiger partial charge in [-0.05, 0) is 41.5 Å². The molecule has 3 saturated heterocycles. The lowest BCUT2D eigenvalue weighted by Gasteiger charge is -2.52. The summed E-state index contributed by atoms with van der Waals surface area (Å²) in [4.78, 5) is 11.6. The summed E-state index contributed by atoms with van der Waals surface area (Å²) < 4.78 is 25.3. The number of aliphatic hydroxyl groups is 2. The van der Waals surface area contributed by atoms with E-state index in [0.29, 0.717) is 62.5 Å². The molecule has 1 amide bonds. The molecule has 11 nitrogen and oxygen atoms in total. The summed E-state index contributed by atoms with van der Waals surface area (Å²) in [6.45, 7) is 7.58. The second kappa shape index (κ2) is 18.7. The van der Waals surface area contributed by atoms with Crippen molar-refractivity contribution in [3.63, 3.8) is 0 Å². The van der Waals surface area contributed by atoms with Crippen molar-refractivity contribution >= 4 is 28.6 Å². The zero-order chi connectivity index (χ0) is 36.7. The first-order valence-electron chi connectivity index (χ1n) is 19.5. The highest BCUT2D eigenvalue weighted by atomic mass is 79.9. The summed E-state index contributed by atoms with van der Waals surface area (Å²) in [6, 6.07) is 21.4. The van der Waals surface area contributed by atoms with Crippen molar-refractivity contribution < 1.29 is 43.5 Å². The first-order valence-corrected chi connectivity index (χ1v) is 19.5. The Morgan fingerprint density at radius 1 is 0.944 bits per heavy atom. The van der Waals surface area contributed by atoms with Crippen LogP contribution < -0.4 is 15.4 Å². The number of ether oxygens (including phenoxy) is 4. The number of quaternary nitrogens is 1. The molecular formula is C42H57BrN3O8+. The third kappa shape index (κ3) is 9.83. The predicted octanol–water partition coefficient (Wildman–Crippen LogP) is 5.36. The lowest BCUT2D eigenvalue weighted by molar-refractivity contribution is -0.946. The number of carbonyl (C=O) groups is 1. The monoisotopic (exact) mass is 810 g/mol. The van der Waals surface area contributed by atoms with E-state index in [4.69, 9.17) is 18.9 Å². The predicted molar refractivity (Wildman–Crippen MR) is 211 cm³/mol. The molecule has 4 fully saturated rings. The van der Waals surface area contributed by atoms with E-state index in [-0.39, 0.29) is 53.8 Å². The SMILES string of the molecule is Br.O=C1COc2c(cc(O)cc2[C@@H](O)CNCCOCc2ccc(COCC[N+]34CCC(CC3)[C@@H](OC[C@@](O)(c3ccccc3)C3CCCC3)C4)cc2)N1. The maximum atomic E-state index is 12.0. The maximum Gasteiger partial charge on any atom is 0.262 e. The van der Waals surface area contributed by atoms with E-state index < -0.39 is 11.7 Å². The molecule has 0 aromatic heterocycles. The summed E-state index contributed by atoms with van der Waals surface area (Å²) in [5.74, 6) is 0.852. The molecule has 5 N–H and O–H groups in total. The zero-order valence-electron chi connectivity index (χ0n) is 31.1. The molecule has 5 aliphatic rings. The van der Waals surface area contributed by atoms with Crippen LogP contribution in [0.3, 0.4) is 0 Å². The first-order chi connectivity index (χ1) is 25.8. The van der Waals surface area contributed by atoms with Crippen LogP contribution in [0.5, 0.6) is 11.5 Å². The van der Waals surface area contributed by atoms with Gasteiger partial charge in [0.1, 0.15) is 36.3 Å². The third-order valence-corrected chi connectivity index (χ3v) is 12.0. The molecule has 8 rings (SSSR count). The van der Waals surface area contributed by atoms with Gasteiger partial charge in [0, 0.05) is 43.5 Å². The first kappa shape index (κ1) is 40.6. The number of aliphatic hydroxyl groups excluding tert-OH is 1. The fourth-order valence-electron chi connectivity index (χ4n) is 8.85. The van der Waals surface area contributed by atoms with Crippen molar-refractivity contribution in [2.75, 3.05) is 71.0 Å². The van der Waals surface area contributed by atoms with Crippen molar-refractivity contribution in [1.29, 1.82) is 0 Å². The molecule has 3 aromatic carbocycles. The smallest absolute Gasteiger partial charge is 0.262 e. The number of hydrogen-bond donors (Lipinski definition) is 5. The number of phenolic OH excluding ortho intramolecular Hbond substituents is 1. The number of carbonyl (C=O) groups excluding carboxylic acids is 1. The van der Waals surface area contributed by atoms with Gasteiger partial charge in [-0.1, -0.05) is 67.4 Å². The summed E-state index contributed by atoms with van der Waals surface area (Å²) in [7, 11) is 0. The molecule has 4 aliphatic heterocycles. The highest BCUT2D eigenvalue weighted by Crippen LogP contribution is 2.43. The minimum Gasteiger partial charge on any atom is -0.508 e. The number of fused-ring (bicyclic) bond motifs is 4. The van der Waals surface area contributed by atoms with Crippen molar-refractivity contribution in [2.24, 2.45) is 11.8 Å². The molecule has 294 valence electrons. The van der Waals surface area contributed by atoms with Gasteiger partial charge in [0.05, 0.1) is 57.9 Å². The quantitative estimate of drug-likeness (QED) is 0.0850. The van der Waals surface area contributed by atoms with Gasteiger partial charge in [-0.25, -0.2) is 0 Å². The molecule has 0 unspecified atom stereocenters. The van der Waals surface area contributed by atoms with Gasteiger partial charge in [0.2, 0.25) is 0 Å². The number of halogens is 1. The largest absolute Gasteiger partial charge is 0.508 e. The van der Waals surface area contributed by atoms with Gasteiger partial charge in [0.15, 0.2) is 6.61 Å². The van der Waals surface area contributed by atoms with Gasteiger partial charge < -0.3 is 49.4 Å². The van der Waals surface area contributed by atoms with Gasteiger partial charge in [-0.2, -0.15) is 0 Å². The van der Waals surface area contributed by atoms with Crippen LogP contribution in [0.15, 0.2) is 66.7 Å². The number of piperidine rings is 3. The molecule has 54 heavy (non-hydrogen) atoms. The molecule has 12 heteroatoms. The van der Waals surface area contributed by atoms with Crippen molar-refractivity contribution in [3.05, 3.63) is 89.0 Å². The average molecular weight is 812 g/mol. The number of benzene rings is 3. The molecule has 1 saturated carbocycles. The minimum absolute atomic E-state index is 0. The van der Waals surface area contributed by atoms with Crippen LogP contribution in [-0.4, -0.2) is 97.5 Å². The molecule has 2 bridgehead atoms. The van der Waals surface area contributed by atoms with E-state index in [1.807, 2.05) is 18.2 Å². The molecule has 3 atom stereocenters. The van der Waals surface area contributed by atoms with E-state index >= 15 is 0 Å². The van der Waals surface area contributed by atoms with Crippen LogP contribution in [0.1, 0.15) is 66.9 Å². The Kier molecular flexibility index (Phi) is 14.1. The number of nitrogens with one attached hydrogen (secondary N) is 2. The van der Waals surface area contributed by atoms with Crippen LogP contribution in [-0.2, 0) is 37.8 Å². The topological polar surface area (TPSA) is 139 Å². The summed E-state index contributed by atoms with van der Waals surface area (Å²) in [6.07, 6.45) is 6.11. The van der Waals surface area contributed by atoms with E-state index in [1.54, 1.807) is 0 Å². The molecule has 3 aromatic rings. The Morgan fingerprint density at radius 3 is 2.33 bits per heavy atom. The maximum absolute atomic E-state index is 12.0. The van der Waals surface area contributed by atoms with Crippen LogP contribution in [0, 0.1) is 11.8 Å². The number of rotatable bonds is 18. The summed E-state index contributed by atoms with van der Waals surface area (Å²) >= 11 is 0. The van der Waals surface area contributed by atoms with Crippen LogP contribution in [0.4, 0.5) is 5.69 Å². The second-order valence-corrected chi connectivity index (χ2v) is 15.5. The number of nitrogens with zero attached hydrogens (tertiary/aromatic N) is 1. The number of aromatic hydroxyl groups is 1. The Morgan fingerprint density at radius 2 is 1.63 bits per heavy atom. The average Bonchev–Trinajstić information content (AvgIpc) is 3.74. The van der Waals surface area contributed by atoms with E-state index in [9.17, 15) is 20.1 Å².